The maximum atomic E-state index is 4.12. The quantitative estimate of drug-likeness (QED) is 0.674. The normalized spacial score (nSPS) is 10.6. The Hall–Kier alpha value is -0.860. The van der Waals surface area contributed by atoms with Gasteiger partial charge in [0.25, 0.3) is 0 Å². The van der Waals surface area contributed by atoms with Crippen LogP contribution in [0.25, 0.3) is 0 Å². The minimum atomic E-state index is 1.07. The van der Waals surface area contributed by atoms with E-state index in [4.69, 9.17) is 0 Å². The van der Waals surface area contributed by atoms with Crippen molar-refractivity contribution in [2.75, 3.05) is 0 Å². The van der Waals surface area contributed by atoms with Gasteiger partial charge >= 0.3 is 0 Å². The second-order valence-corrected chi connectivity index (χ2v) is 3.40. The molecular formula is C10H19N3. The van der Waals surface area contributed by atoms with Crippen LogP contribution >= 0.6 is 0 Å². The fourth-order valence-corrected chi connectivity index (χ4v) is 1.32. The lowest BCUT2D eigenvalue weighted by Gasteiger charge is -2.04. The van der Waals surface area contributed by atoms with E-state index in [2.05, 4.69) is 28.6 Å². The lowest BCUT2D eigenvalue weighted by molar-refractivity contribution is 0.591. The average molecular weight is 181 g/mol. The summed E-state index contributed by atoms with van der Waals surface area (Å²) < 4.78 is 2.18. The van der Waals surface area contributed by atoms with Crippen molar-refractivity contribution in [2.24, 2.45) is 0 Å². The number of hydrogen-bond acceptors (Lipinski definition) is 2. The summed E-state index contributed by atoms with van der Waals surface area (Å²) in [5.74, 6) is 1.15. The lowest BCUT2D eigenvalue weighted by atomic mass is 10.2. The van der Waals surface area contributed by atoms with Crippen LogP contribution in [-0.2, 0) is 13.0 Å². The first-order chi connectivity index (χ1) is 6.38. The second-order valence-electron chi connectivity index (χ2n) is 3.40. The number of rotatable bonds is 6. The van der Waals surface area contributed by atoms with Crippen molar-refractivity contribution in [1.82, 2.24) is 14.8 Å². The summed E-state index contributed by atoms with van der Waals surface area (Å²) in [6.07, 6.45) is 7.80. The molecule has 0 aliphatic heterocycles. The number of unbranched alkanes of at least 4 members (excludes halogenated alkanes) is 2. The van der Waals surface area contributed by atoms with Crippen molar-refractivity contribution in [1.29, 1.82) is 0 Å². The molecule has 0 radical (unpaired) electrons. The van der Waals surface area contributed by atoms with Gasteiger partial charge in [-0.15, -0.1) is 10.2 Å². The van der Waals surface area contributed by atoms with E-state index in [1.165, 1.54) is 25.7 Å². The molecule has 0 spiro atoms. The molecule has 0 aromatic carbocycles. The van der Waals surface area contributed by atoms with Crippen LogP contribution in [0.5, 0.6) is 0 Å². The molecule has 0 saturated heterocycles. The smallest absolute Gasteiger partial charge is 0.132 e. The molecular weight excluding hydrogens is 162 g/mol. The Morgan fingerprint density at radius 3 is 2.69 bits per heavy atom. The van der Waals surface area contributed by atoms with Gasteiger partial charge < -0.3 is 4.57 Å². The third-order valence-electron chi connectivity index (χ3n) is 2.20. The predicted octanol–water partition coefficient (Wildman–Crippen LogP) is 2.42. The van der Waals surface area contributed by atoms with Gasteiger partial charge in [0.1, 0.15) is 12.2 Å². The maximum absolute atomic E-state index is 4.12. The monoisotopic (exact) mass is 181 g/mol. The Morgan fingerprint density at radius 2 is 2.00 bits per heavy atom. The molecule has 1 aromatic rings. The van der Waals surface area contributed by atoms with Crippen molar-refractivity contribution in [2.45, 2.75) is 52.5 Å². The summed E-state index contributed by atoms with van der Waals surface area (Å²) >= 11 is 0. The molecule has 0 unspecified atom stereocenters. The van der Waals surface area contributed by atoms with Crippen LogP contribution in [0.1, 0.15) is 45.4 Å². The fraction of sp³-hybridized carbons (Fsp3) is 0.800. The Balaban J connectivity index is 2.45. The molecule has 0 aliphatic carbocycles. The third-order valence-corrected chi connectivity index (χ3v) is 2.20. The van der Waals surface area contributed by atoms with Crippen LogP contribution < -0.4 is 0 Å². The molecule has 13 heavy (non-hydrogen) atoms. The molecule has 1 heterocycles. The molecule has 0 bridgehead atoms. The summed E-state index contributed by atoms with van der Waals surface area (Å²) in [5, 5.41) is 8.06. The number of aromatic nitrogens is 3. The van der Waals surface area contributed by atoms with Gasteiger partial charge in [-0.1, -0.05) is 26.7 Å². The lowest BCUT2D eigenvalue weighted by Crippen LogP contribution is -2.02. The topological polar surface area (TPSA) is 30.7 Å². The Bertz CT molecular complexity index is 207. The van der Waals surface area contributed by atoms with Crippen molar-refractivity contribution in [3.05, 3.63) is 12.2 Å². The Labute approximate surface area is 80.2 Å². The van der Waals surface area contributed by atoms with E-state index in [1.807, 2.05) is 6.33 Å². The fourth-order valence-electron chi connectivity index (χ4n) is 1.32. The van der Waals surface area contributed by atoms with Crippen LogP contribution in [0.2, 0.25) is 0 Å². The number of aryl methyl sites for hydroxylation is 2. The van der Waals surface area contributed by atoms with E-state index < -0.39 is 0 Å². The SMILES string of the molecule is CCCCc1nncn1CCCC. The van der Waals surface area contributed by atoms with Crippen LogP contribution in [0.4, 0.5) is 0 Å². The van der Waals surface area contributed by atoms with E-state index >= 15 is 0 Å². The highest BCUT2D eigenvalue weighted by molar-refractivity contribution is 4.85. The molecule has 0 aliphatic rings. The van der Waals surface area contributed by atoms with Crippen molar-refractivity contribution in [3.63, 3.8) is 0 Å². The number of nitrogens with zero attached hydrogens (tertiary/aromatic N) is 3. The molecule has 1 aromatic heterocycles. The van der Waals surface area contributed by atoms with Crippen LogP contribution in [0.15, 0.2) is 6.33 Å². The summed E-state index contributed by atoms with van der Waals surface area (Å²) in [7, 11) is 0. The zero-order chi connectivity index (χ0) is 9.52. The van der Waals surface area contributed by atoms with Gasteiger partial charge in [-0.05, 0) is 12.8 Å². The van der Waals surface area contributed by atoms with Gasteiger partial charge in [0.05, 0.1) is 0 Å². The minimum Gasteiger partial charge on any atom is -0.318 e. The zero-order valence-corrected chi connectivity index (χ0v) is 8.66. The molecule has 3 nitrogen and oxygen atoms in total. The second kappa shape index (κ2) is 5.73. The third kappa shape index (κ3) is 3.17. The summed E-state index contributed by atoms with van der Waals surface area (Å²) in [6.45, 7) is 5.48. The highest BCUT2D eigenvalue weighted by Crippen LogP contribution is 2.03. The number of hydrogen-bond donors (Lipinski definition) is 0. The first kappa shape index (κ1) is 10.2. The van der Waals surface area contributed by atoms with Gasteiger partial charge in [-0.25, -0.2) is 0 Å². The van der Waals surface area contributed by atoms with Crippen LogP contribution in [0, 0.1) is 0 Å². The summed E-state index contributed by atoms with van der Waals surface area (Å²) in [5.41, 5.74) is 0. The summed E-state index contributed by atoms with van der Waals surface area (Å²) in [4.78, 5) is 0. The first-order valence-corrected chi connectivity index (χ1v) is 5.25. The molecule has 0 fully saturated rings. The van der Waals surface area contributed by atoms with E-state index in [1.54, 1.807) is 0 Å². The van der Waals surface area contributed by atoms with E-state index in [0.717, 1.165) is 18.8 Å². The first-order valence-electron chi connectivity index (χ1n) is 5.25. The molecule has 74 valence electrons. The molecule has 3 heteroatoms. The molecule has 1 rings (SSSR count). The van der Waals surface area contributed by atoms with Crippen LogP contribution in [-0.4, -0.2) is 14.8 Å². The highest BCUT2D eigenvalue weighted by atomic mass is 15.3. The van der Waals surface area contributed by atoms with Gasteiger partial charge in [0.15, 0.2) is 0 Å². The standard InChI is InChI=1S/C10H19N3/c1-3-5-7-10-12-11-9-13(10)8-6-4-2/h9H,3-8H2,1-2H3. The average Bonchev–Trinajstić information content (AvgIpc) is 2.59. The molecule has 0 N–H and O–H groups in total. The van der Waals surface area contributed by atoms with Gasteiger partial charge in [0, 0.05) is 13.0 Å². The van der Waals surface area contributed by atoms with Crippen molar-refractivity contribution < 1.29 is 0 Å². The van der Waals surface area contributed by atoms with Gasteiger partial charge in [-0.3, -0.25) is 0 Å². The van der Waals surface area contributed by atoms with E-state index in [0.29, 0.717) is 0 Å². The van der Waals surface area contributed by atoms with Crippen LogP contribution in [0.3, 0.4) is 0 Å². The molecule has 0 atom stereocenters. The Kier molecular flexibility index (Phi) is 4.50. The highest BCUT2D eigenvalue weighted by Gasteiger charge is 2.01. The van der Waals surface area contributed by atoms with Crippen molar-refractivity contribution in [3.8, 4) is 0 Å². The van der Waals surface area contributed by atoms with E-state index in [-0.39, 0.29) is 0 Å². The minimum absolute atomic E-state index is 1.07. The summed E-state index contributed by atoms with van der Waals surface area (Å²) in [6, 6.07) is 0. The zero-order valence-electron chi connectivity index (χ0n) is 8.66. The Morgan fingerprint density at radius 1 is 1.23 bits per heavy atom. The van der Waals surface area contributed by atoms with Gasteiger partial charge in [0.2, 0.25) is 0 Å². The van der Waals surface area contributed by atoms with Gasteiger partial charge in [-0.2, -0.15) is 0 Å². The largest absolute Gasteiger partial charge is 0.318 e. The predicted molar refractivity (Wildman–Crippen MR) is 53.5 cm³/mol. The molecule has 0 amide bonds. The maximum Gasteiger partial charge on any atom is 0.132 e. The van der Waals surface area contributed by atoms with E-state index in [9.17, 15) is 0 Å². The van der Waals surface area contributed by atoms with Crippen molar-refractivity contribution >= 4 is 0 Å². The molecule has 0 saturated carbocycles.